The second kappa shape index (κ2) is 5.53. The van der Waals surface area contributed by atoms with Gasteiger partial charge >= 0.3 is 0 Å². The smallest absolute Gasteiger partial charge is 0.156 e. The number of rotatable bonds is 3. The minimum absolute atomic E-state index is 0.0566. The summed E-state index contributed by atoms with van der Waals surface area (Å²) >= 11 is 3.44. The van der Waals surface area contributed by atoms with E-state index in [1.54, 1.807) is 6.07 Å². The monoisotopic (exact) mass is 322 g/mol. The van der Waals surface area contributed by atoms with Gasteiger partial charge in [0.25, 0.3) is 0 Å². The van der Waals surface area contributed by atoms with Gasteiger partial charge in [-0.25, -0.2) is 4.39 Å². The number of methoxy groups -OCH3 is 1. The zero-order valence-electron chi connectivity index (χ0n) is 10.5. The number of ether oxygens (including phenoxy) is 1. The molecule has 0 amide bonds. The van der Waals surface area contributed by atoms with E-state index in [0.29, 0.717) is 11.8 Å². The van der Waals surface area contributed by atoms with E-state index in [1.807, 2.05) is 25.1 Å². The number of carbonyl (C=O) groups excluding carboxylic acids is 1. The summed E-state index contributed by atoms with van der Waals surface area (Å²) < 4.78 is 19.9. The number of aldehydes is 1. The summed E-state index contributed by atoms with van der Waals surface area (Å²) in [6.07, 6.45) is 0.464. The molecule has 0 aromatic heterocycles. The lowest BCUT2D eigenvalue weighted by molar-refractivity contribution is 0.111. The quantitative estimate of drug-likeness (QED) is 0.783. The van der Waals surface area contributed by atoms with Gasteiger partial charge in [0.2, 0.25) is 0 Å². The maximum atomic E-state index is 13.9. The zero-order valence-corrected chi connectivity index (χ0v) is 12.1. The van der Waals surface area contributed by atoms with Crippen molar-refractivity contribution in [2.75, 3.05) is 7.11 Å². The number of halogens is 2. The highest BCUT2D eigenvalue weighted by Crippen LogP contribution is 2.33. The highest BCUT2D eigenvalue weighted by Gasteiger charge is 2.13. The SMILES string of the molecule is COc1cc(-c2cccc(Br)c2C)cc(F)c1C=O. The normalized spacial score (nSPS) is 10.3. The molecule has 0 heterocycles. The highest BCUT2D eigenvalue weighted by molar-refractivity contribution is 9.10. The Morgan fingerprint density at radius 1 is 1.32 bits per heavy atom. The molecule has 0 fully saturated rings. The average Bonchev–Trinajstić information content (AvgIpc) is 2.40. The van der Waals surface area contributed by atoms with Crippen LogP contribution >= 0.6 is 15.9 Å². The Hall–Kier alpha value is -1.68. The topological polar surface area (TPSA) is 26.3 Å². The largest absolute Gasteiger partial charge is 0.496 e. The molecule has 0 spiro atoms. The summed E-state index contributed by atoms with van der Waals surface area (Å²) in [6.45, 7) is 1.94. The van der Waals surface area contributed by atoms with Crippen molar-refractivity contribution in [2.45, 2.75) is 6.92 Å². The first kappa shape index (κ1) is 13.7. The average molecular weight is 323 g/mol. The summed E-state index contributed by atoms with van der Waals surface area (Å²) in [5, 5.41) is 0. The Morgan fingerprint density at radius 3 is 2.68 bits per heavy atom. The number of hydrogen-bond acceptors (Lipinski definition) is 2. The van der Waals surface area contributed by atoms with Crippen molar-refractivity contribution < 1.29 is 13.9 Å². The van der Waals surface area contributed by atoms with Gasteiger partial charge in [0.1, 0.15) is 11.6 Å². The lowest BCUT2D eigenvalue weighted by Crippen LogP contribution is -1.96. The second-order valence-corrected chi connectivity index (χ2v) is 4.96. The van der Waals surface area contributed by atoms with E-state index in [-0.39, 0.29) is 11.3 Å². The molecule has 2 nitrogen and oxygen atoms in total. The van der Waals surface area contributed by atoms with Gasteiger partial charge in [0, 0.05) is 4.47 Å². The van der Waals surface area contributed by atoms with Crippen molar-refractivity contribution in [1.29, 1.82) is 0 Å². The van der Waals surface area contributed by atoms with Gasteiger partial charge in [0.15, 0.2) is 6.29 Å². The Kier molecular flexibility index (Phi) is 4.00. The third-order valence-electron chi connectivity index (χ3n) is 3.01. The van der Waals surface area contributed by atoms with Crippen molar-refractivity contribution in [3.8, 4) is 16.9 Å². The van der Waals surface area contributed by atoms with E-state index in [9.17, 15) is 9.18 Å². The molecule has 2 rings (SSSR count). The fourth-order valence-corrected chi connectivity index (χ4v) is 2.32. The van der Waals surface area contributed by atoms with Gasteiger partial charge in [0.05, 0.1) is 12.7 Å². The van der Waals surface area contributed by atoms with Crippen molar-refractivity contribution in [1.82, 2.24) is 0 Å². The van der Waals surface area contributed by atoms with E-state index in [1.165, 1.54) is 13.2 Å². The van der Waals surface area contributed by atoms with E-state index < -0.39 is 5.82 Å². The third-order valence-corrected chi connectivity index (χ3v) is 3.87. The number of benzene rings is 2. The summed E-state index contributed by atoms with van der Waals surface area (Å²) in [7, 11) is 1.42. The number of hydrogen-bond donors (Lipinski definition) is 0. The van der Waals surface area contributed by atoms with Gasteiger partial charge in [-0.15, -0.1) is 0 Å². The Bertz CT molecular complexity index is 638. The molecule has 2 aromatic rings. The molecule has 0 radical (unpaired) electrons. The van der Waals surface area contributed by atoms with Crippen LogP contribution in [0.2, 0.25) is 0 Å². The minimum Gasteiger partial charge on any atom is -0.496 e. The van der Waals surface area contributed by atoms with E-state index >= 15 is 0 Å². The van der Waals surface area contributed by atoms with E-state index in [0.717, 1.165) is 15.6 Å². The van der Waals surface area contributed by atoms with Gasteiger partial charge < -0.3 is 4.74 Å². The molecule has 0 bridgehead atoms. The van der Waals surface area contributed by atoms with Crippen molar-refractivity contribution >= 4 is 22.2 Å². The molecule has 0 unspecified atom stereocenters. The van der Waals surface area contributed by atoms with Crippen LogP contribution in [0.5, 0.6) is 5.75 Å². The van der Waals surface area contributed by atoms with Crippen LogP contribution in [0.3, 0.4) is 0 Å². The van der Waals surface area contributed by atoms with Crippen molar-refractivity contribution in [3.05, 3.63) is 51.7 Å². The fraction of sp³-hybridized carbons (Fsp3) is 0.133. The van der Waals surface area contributed by atoms with Crippen LogP contribution in [0.1, 0.15) is 15.9 Å². The standard InChI is InChI=1S/C15H12BrFO2/c1-9-11(4-3-5-13(9)16)10-6-14(17)12(8-18)15(7-10)19-2/h3-8H,1-2H3. The summed E-state index contributed by atoms with van der Waals surface area (Å²) in [6, 6.07) is 8.72. The summed E-state index contributed by atoms with van der Waals surface area (Å²) in [4.78, 5) is 10.8. The Balaban J connectivity index is 2.67. The van der Waals surface area contributed by atoms with Crippen molar-refractivity contribution in [3.63, 3.8) is 0 Å². The van der Waals surface area contributed by atoms with E-state index in [4.69, 9.17) is 4.74 Å². The van der Waals surface area contributed by atoms with Crippen LogP contribution in [0, 0.1) is 12.7 Å². The van der Waals surface area contributed by atoms with Gasteiger partial charge in [-0.2, -0.15) is 0 Å². The lowest BCUT2D eigenvalue weighted by atomic mass is 9.99. The predicted molar refractivity (Wildman–Crippen MR) is 76.2 cm³/mol. The molecule has 19 heavy (non-hydrogen) atoms. The molecule has 0 aliphatic carbocycles. The van der Waals surface area contributed by atoms with Crippen LogP contribution < -0.4 is 4.74 Å². The molecule has 0 aliphatic rings. The van der Waals surface area contributed by atoms with Gasteiger partial charge in [-0.05, 0) is 41.8 Å². The van der Waals surface area contributed by atoms with Crippen molar-refractivity contribution in [2.24, 2.45) is 0 Å². The lowest BCUT2D eigenvalue weighted by Gasteiger charge is -2.11. The molecule has 2 aromatic carbocycles. The maximum Gasteiger partial charge on any atom is 0.156 e. The molecule has 98 valence electrons. The highest BCUT2D eigenvalue weighted by atomic mass is 79.9. The van der Waals surface area contributed by atoms with Gasteiger partial charge in [-0.1, -0.05) is 28.1 Å². The van der Waals surface area contributed by atoms with Crippen LogP contribution in [0.25, 0.3) is 11.1 Å². The molecular formula is C15H12BrFO2. The van der Waals surface area contributed by atoms with Gasteiger partial charge in [-0.3, -0.25) is 4.79 Å². The predicted octanol–water partition coefficient (Wildman–Crippen LogP) is 4.38. The zero-order chi connectivity index (χ0) is 14.0. The first-order valence-corrected chi connectivity index (χ1v) is 6.46. The number of carbonyl (C=O) groups is 1. The molecule has 0 saturated heterocycles. The molecule has 4 heteroatoms. The molecule has 0 N–H and O–H groups in total. The van der Waals surface area contributed by atoms with Crippen LogP contribution in [0.4, 0.5) is 4.39 Å². The Labute approximate surface area is 119 Å². The molecule has 0 atom stereocenters. The van der Waals surface area contributed by atoms with Crippen LogP contribution in [-0.4, -0.2) is 13.4 Å². The maximum absolute atomic E-state index is 13.9. The van der Waals surface area contributed by atoms with Crippen LogP contribution in [0.15, 0.2) is 34.8 Å². The fourth-order valence-electron chi connectivity index (χ4n) is 1.95. The molecular weight excluding hydrogens is 311 g/mol. The third kappa shape index (κ3) is 2.54. The minimum atomic E-state index is -0.580. The van der Waals surface area contributed by atoms with E-state index in [2.05, 4.69) is 15.9 Å². The molecule has 0 aliphatic heterocycles. The summed E-state index contributed by atoms with van der Waals surface area (Å²) in [5.41, 5.74) is 2.52. The first-order valence-electron chi connectivity index (χ1n) is 5.66. The first-order chi connectivity index (χ1) is 9.08. The Morgan fingerprint density at radius 2 is 2.05 bits per heavy atom. The second-order valence-electron chi connectivity index (χ2n) is 4.10. The summed E-state index contributed by atoms with van der Waals surface area (Å²) in [5.74, 6) is -0.340. The van der Waals surface area contributed by atoms with Crippen LogP contribution in [-0.2, 0) is 0 Å². The molecule has 0 saturated carbocycles.